The summed E-state index contributed by atoms with van der Waals surface area (Å²) in [4.78, 5) is 9.15. The largest absolute Gasteiger partial charge is 0.374 e. The maximum absolute atomic E-state index is 12.5. The zero-order valence-electron chi connectivity index (χ0n) is 11.2. The molecule has 0 aromatic carbocycles. The SMILES string of the molecule is Cc1nc(CN2CCO[C@@H]3CN(CCF)C[C@@H]32)cs1. The lowest BCUT2D eigenvalue weighted by Crippen LogP contribution is -2.50. The van der Waals surface area contributed by atoms with Crippen molar-refractivity contribution in [3.63, 3.8) is 0 Å². The van der Waals surface area contributed by atoms with Crippen LogP contribution in [0, 0.1) is 6.92 Å². The van der Waals surface area contributed by atoms with Crippen molar-refractivity contribution < 1.29 is 9.13 Å². The molecular weight excluding hydrogens is 265 g/mol. The third kappa shape index (κ3) is 2.97. The first kappa shape index (κ1) is 13.4. The summed E-state index contributed by atoms with van der Waals surface area (Å²) < 4.78 is 18.3. The molecule has 2 fully saturated rings. The Hall–Kier alpha value is -0.560. The Morgan fingerprint density at radius 1 is 1.53 bits per heavy atom. The summed E-state index contributed by atoms with van der Waals surface area (Å²) in [5.41, 5.74) is 1.15. The van der Waals surface area contributed by atoms with Gasteiger partial charge in [-0.3, -0.25) is 9.80 Å². The molecule has 0 aliphatic carbocycles. The smallest absolute Gasteiger partial charge is 0.102 e. The van der Waals surface area contributed by atoms with Gasteiger partial charge in [-0.2, -0.15) is 0 Å². The summed E-state index contributed by atoms with van der Waals surface area (Å²) in [5.74, 6) is 0. The summed E-state index contributed by atoms with van der Waals surface area (Å²) in [5, 5.41) is 3.25. The fourth-order valence-corrected chi connectivity index (χ4v) is 3.63. The van der Waals surface area contributed by atoms with Gasteiger partial charge in [-0.25, -0.2) is 9.37 Å². The summed E-state index contributed by atoms with van der Waals surface area (Å²) >= 11 is 1.70. The van der Waals surface area contributed by atoms with Gasteiger partial charge in [0.2, 0.25) is 0 Å². The predicted molar refractivity (Wildman–Crippen MR) is 73.2 cm³/mol. The Bertz CT molecular complexity index is 428. The van der Waals surface area contributed by atoms with Gasteiger partial charge in [-0.05, 0) is 6.92 Å². The van der Waals surface area contributed by atoms with Crippen LogP contribution in [0.5, 0.6) is 0 Å². The van der Waals surface area contributed by atoms with Crippen LogP contribution in [0.2, 0.25) is 0 Å². The van der Waals surface area contributed by atoms with Gasteiger partial charge in [0.25, 0.3) is 0 Å². The van der Waals surface area contributed by atoms with E-state index in [1.807, 2.05) is 6.92 Å². The number of ether oxygens (including phenoxy) is 1. The molecule has 1 aromatic heterocycles. The molecule has 0 N–H and O–H groups in total. The van der Waals surface area contributed by atoms with Crippen LogP contribution in [0.25, 0.3) is 0 Å². The maximum atomic E-state index is 12.5. The molecule has 2 atom stereocenters. The Morgan fingerprint density at radius 2 is 2.42 bits per heavy atom. The molecule has 1 aromatic rings. The average Bonchev–Trinajstić information content (AvgIpc) is 2.96. The molecule has 3 heterocycles. The van der Waals surface area contributed by atoms with Gasteiger partial charge in [0.1, 0.15) is 6.67 Å². The molecule has 3 rings (SSSR count). The maximum Gasteiger partial charge on any atom is 0.102 e. The molecule has 2 aliphatic heterocycles. The minimum atomic E-state index is -0.273. The van der Waals surface area contributed by atoms with Crippen molar-refractivity contribution in [1.82, 2.24) is 14.8 Å². The number of morpholine rings is 1. The van der Waals surface area contributed by atoms with Crippen LogP contribution in [0.3, 0.4) is 0 Å². The predicted octanol–water partition coefficient (Wildman–Crippen LogP) is 1.31. The summed E-state index contributed by atoms with van der Waals surface area (Å²) in [6.07, 6.45) is 0.236. The highest BCUT2D eigenvalue weighted by Gasteiger charge is 2.39. The van der Waals surface area contributed by atoms with Crippen LogP contribution < -0.4 is 0 Å². The van der Waals surface area contributed by atoms with E-state index in [2.05, 4.69) is 20.2 Å². The number of aryl methyl sites for hydroxylation is 1. The minimum Gasteiger partial charge on any atom is -0.374 e. The van der Waals surface area contributed by atoms with Crippen molar-refractivity contribution in [2.75, 3.05) is 39.5 Å². The van der Waals surface area contributed by atoms with E-state index in [1.54, 1.807) is 11.3 Å². The van der Waals surface area contributed by atoms with Gasteiger partial charge in [-0.15, -0.1) is 11.3 Å². The van der Waals surface area contributed by atoms with Crippen LogP contribution in [-0.4, -0.2) is 66.4 Å². The van der Waals surface area contributed by atoms with Crippen LogP contribution in [-0.2, 0) is 11.3 Å². The number of hydrogen-bond donors (Lipinski definition) is 0. The third-order valence-electron chi connectivity index (χ3n) is 3.92. The molecule has 2 saturated heterocycles. The quantitative estimate of drug-likeness (QED) is 0.834. The van der Waals surface area contributed by atoms with Crippen LogP contribution >= 0.6 is 11.3 Å². The number of thiazole rings is 1. The Labute approximate surface area is 117 Å². The molecule has 0 unspecified atom stereocenters. The number of nitrogens with zero attached hydrogens (tertiary/aromatic N) is 3. The minimum absolute atomic E-state index is 0.236. The lowest BCUT2D eigenvalue weighted by atomic mass is 10.1. The molecule has 0 bridgehead atoms. The first-order valence-corrected chi connectivity index (χ1v) is 7.69. The van der Waals surface area contributed by atoms with Gasteiger partial charge in [0.15, 0.2) is 0 Å². The van der Waals surface area contributed by atoms with E-state index in [9.17, 15) is 4.39 Å². The molecule has 106 valence electrons. The number of alkyl halides is 1. The van der Waals surface area contributed by atoms with E-state index in [0.717, 1.165) is 43.5 Å². The molecule has 0 saturated carbocycles. The summed E-state index contributed by atoms with van der Waals surface area (Å²) in [6.45, 7) is 6.67. The van der Waals surface area contributed by atoms with Crippen molar-refractivity contribution in [2.24, 2.45) is 0 Å². The zero-order valence-corrected chi connectivity index (χ0v) is 12.0. The van der Waals surface area contributed by atoms with E-state index in [1.165, 1.54) is 0 Å². The fourth-order valence-electron chi connectivity index (χ4n) is 3.02. The highest BCUT2D eigenvalue weighted by molar-refractivity contribution is 7.09. The molecule has 4 nitrogen and oxygen atoms in total. The highest BCUT2D eigenvalue weighted by Crippen LogP contribution is 2.24. The number of rotatable bonds is 4. The summed E-state index contributed by atoms with van der Waals surface area (Å²) in [7, 11) is 0. The molecule has 6 heteroatoms. The van der Waals surface area contributed by atoms with Crippen molar-refractivity contribution in [2.45, 2.75) is 25.6 Å². The van der Waals surface area contributed by atoms with Gasteiger partial charge >= 0.3 is 0 Å². The number of fused-ring (bicyclic) bond motifs is 1. The molecule has 2 aliphatic rings. The standard InChI is InChI=1S/C13H20FN3OS/c1-10-15-11(9-19-10)6-17-4-5-18-13-8-16(3-2-14)7-12(13)17/h9,12-13H,2-8H2,1H3/t12-,13+/m0/s1. The second kappa shape index (κ2) is 5.83. The molecule has 19 heavy (non-hydrogen) atoms. The second-order valence-electron chi connectivity index (χ2n) is 5.25. The Kier molecular flexibility index (Phi) is 4.12. The van der Waals surface area contributed by atoms with E-state index >= 15 is 0 Å². The topological polar surface area (TPSA) is 28.6 Å². The Balaban J connectivity index is 1.65. The van der Waals surface area contributed by atoms with E-state index in [4.69, 9.17) is 4.74 Å². The zero-order chi connectivity index (χ0) is 13.2. The molecule has 0 amide bonds. The van der Waals surface area contributed by atoms with Gasteiger partial charge in [0.05, 0.1) is 29.5 Å². The van der Waals surface area contributed by atoms with Gasteiger partial charge in [-0.1, -0.05) is 0 Å². The van der Waals surface area contributed by atoms with E-state index < -0.39 is 0 Å². The monoisotopic (exact) mass is 285 g/mol. The summed E-state index contributed by atoms with van der Waals surface area (Å²) in [6, 6.07) is 0.391. The lowest BCUT2D eigenvalue weighted by Gasteiger charge is -2.36. The normalized spacial score (nSPS) is 28.7. The van der Waals surface area contributed by atoms with Crippen molar-refractivity contribution in [3.05, 3.63) is 16.1 Å². The van der Waals surface area contributed by atoms with Crippen LogP contribution in [0.15, 0.2) is 5.38 Å². The molecular formula is C13H20FN3OS. The average molecular weight is 285 g/mol. The lowest BCUT2D eigenvalue weighted by molar-refractivity contribution is -0.0507. The van der Waals surface area contributed by atoms with Crippen molar-refractivity contribution in [1.29, 1.82) is 0 Å². The molecule has 0 spiro atoms. The van der Waals surface area contributed by atoms with Gasteiger partial charge < -0.3 is 4.74 Å². The number of aromatic nitrogens is 1. The van der Waals surface area contributed by atoms with Crippen molar-refractivity contribution in [3.8, 4) is 0 Å². The van der Waals surface area contributed by atoms with E-state index in [0.29, 0.717) is 12.6 Å². The second-order valence-corrected chi connectivity index (χ2v) is 6.32. The third-order valence-corrected chi connectivity index (χ3v) is 4.75. The number of halogens is 1. The van der Waals surface area contributed by atoms with Crippen LogP contribution in [0.4, 0.5) is 4.39 Å². The number of hydrogen-bond acceptors (Lipinski definition) is 5. The highest BCUT2D eigenvalue weighted by atomic mass is 32.1. The van der Waals surface area contributed by atoms with Crippen LogP contribution in [0.1, 0.15) is 10.7 Å². The van der Waals surface area contributed by atoms with Gasteiger partial charge in [0, 0.05) is 38.1 Å². The fraction of sp³-hybridized carbons (Fsp3) is 0.769. The Morgan fingerprint density at radius 3 is 3.16 bits per heavy atom. The number of likely N-dealkylation sites (tertiary alicyclic amines) is 1. The van der Waals surface area contributed by atoms with Crippen molar-refractivity contribution >= 4 is 11.3 Å². The molecule has 0 radical (unpaired) electrons. The first-order valence-electron chi connectivity index (χ1n) is 6.81. The first-order chi connectivity index (χ1) is 9.26. The van der Waals surface area contributed by atoms with E-state index in [-0.39, 0.29) is 12.8 Å².